The minimum Gasteiger partial charge on any atom is -0.450 e. The molecule has 0 aliphatic carbocycles. The molecule has 0 saturated carbocycles. The van der Waals surface area contributed by atoms with Gasteiger partial charge in [0.1, 0.15) is 0 Å². The van der Waals surface area contributed by atoms with Crippen LogP contribution in [0.5, 0.6) is 0 Å². The SMILES string of the molecule is C=CCSc1ccccc1NC(=O)C[NH+]1CCN(C(=O)OCC)CC1. The lowest BCUT2D eigenvalue weighted by Gasteiger charge is -2.31. The molecule has 6 nitrogen and oxygen atoms in total. The Balaban J connectivity index is 1.82. The third kappa shape index (κ3) is 6.10. The number of thioether (sulfide) groups is 1. The first-order chi connectivity index (χ1) is 12.1. The van der Waals surface area contributed by atoms with E-state index in [4.69, 9.17) is 4.74 Å². The fourth-order valence-corrected chi connectivity index (χ4v) is 3.41. The molecular weight excluding hydrogens is 338 g/mol. The molecule has 0 aromatic heterocycles. The van der Waals surface area contributed by atoms with Gasteiger partial charge in [0, 0.05) is 10.6 Å². The zero-order valence-corrected chi connectivity index (χ0v) is 15.4. The number of rotatable bonds is 7. The Bertz CT molecular complexity index is 601. The van der Waals surface area contributed by atoms with Crippen LogP contribution >= 0.6 is 11.8 Å². The topological polar surface area (TPSA) is 63.1 Å². The van der Waals surface area contributed by atoms with Crippen LogP contribution in [0, 0.1) is 0 Å². The van der Waals surface area contributed by atoms with Crippen molar-refractivity contribution in [2.75, 3.05) is 50.4 Å². The van der Waals surface area contributed by atoms with Crippen LogP contribution in [0.1, 0.15) is 6.92 Å². The van der Waals surface area contributed by atoms with Crippen molar-refractivity contribution < 1.29 is 19.2 Å². The second kappa shape index (κ2) is 10.1. The van der Waals surface area contributed by atoms with Crippen LogP contribution < -0.4 is 10.2 Å². The summed E-state index contributed by atoms with van der Waals surface area (Å²) in [4.78, 5) is 28.0. The monoisotopic (exact) mass is 364 g/mol. The minimum atomic E-state index is -0.265. The van der Waals surface area contributed by atoms with E-state index in [1.165, 1.54) is 4.90 Å². The van der Waals surface area contributed by atoms with Gasteiger partial charge in [-0.1, -0.05) is 18.2 Å². The zero-order valence-electron chi connectivity index (χ0n) is 14.6. The highest BCUT2D eigenvalue weighted by Crippen LogP contribution is 2.26. The van der Waals surface area contributed by atoms with E-state index in [2.05, 4.69) is 11.9 Å². The lowest BCUT2D eigenvalue weighted by atomic mass is 10.3. The average molecular weight is 364 g/mol. The number of nitrogens with one attached hydrogen (secondary N) is 2. The molecule has 136 valence electrons. The Hall–Kier alpha value is -1.99. The highest BCUT2D eigenvalue weighted by molar-refractivity contribution is 7.99. The summed E-state index contributed by atoms with van der Waals surface area (Å²) in [5, 5.41) is 3.00. The molecule has 25 heavy (non-hydrogen) atoms. The molecule has 2 N–H and O–H groups in total. The number of hydrogen-bond acceptors (Lipinski definition) is 4. The summed E-state index contributed by atoms with van der Waals surface area (Å²) in [5.74, 6) is 0.791. The number of carbonyl (C=O) groups is 2. The molecule has 1 saturated heterocycles. The number of para-hydroxylation sites is 1. The molecule has 1 aliphatic heterocycles. The van der Waals surface area contributed by atoms with Gasteiger partial charge in [0.05, 0.1) is 38.5 Å². The normalized spacial score (nSPS) is 14.8. The predicted octanol–water partition coefficient (Wildman–Crippen LogP) is 1.26. The van der Waals surface area contributed by atoms with E-state index in [9.17, 15) is 9.59 Å². The Morgan fingerprint density at radius 3 is 2.76 bits per heavy atom. The van der Waals surface area contributed by atoms with E-state index < -0.39 is 0 Å². The number of anilines is 1. The third-order valence-electron chi connectivity index (χ3n) is 3.92. The number of ether oxygens (including phenoxy) is 1. The van der Waals surface area contributed by atoms with E-state index in [1.54, 1.807) is 23.6 Å². The molecule has 0 radical (unpaired) electrons. The number of quaternary nitrogens is 1. The molecule has 1 aliphatic rings. The lowest BCUT2D eigenvalue weighted by Crippen LogP contribution is -3.15. The summed E-state index contributed by atoms with van der Waals surface area (Å²) < 4.78 is 5.01. The van der Waals surface area contributed by atoms with Crippen LogP contribution in [0.15, 0.2) is 41.8 Å². The molecule has 7 heteroatoms. The molecule has 0 bridgehead atoms. The van der Waals surface area contributed by atoms with Gasteiger partial charge in [-0.2, -0.15) is 0 Å². The van der Waals surface area contributed by atoms with Gasteiger partial charge in [0.2, 0.25) is 0 Å². The Morgan fingerprint density at radius 1 is 1.36 bits per heavy atom. The first kappa shape index (κ1) is 19.3. The fraction of sp³-hybridized carbons (Fsp3) is 0.444. The Morgan fingerprint density at radius 2 is 2.08 bits per heavy atom. The van der Waals surface area contributed by atoms with Crippen LogP contribution in [-0.2, 0) is 9.53 Å². The van der Waals surface area contributed by atoms with Gasteiger partial charge in [-0.25, -0.2) is 4.79 Å². The maximum Gasteiger partial charge on any atom is 0.410 e. The maximum atomic E-state index is 12.4. The molecule has 1 fully saturated rings. The van der Waals surface area contributed by atoms with Crippen molar-refractivity contribution in [2.45, 2.75) is 11.8 Å². The molecule has 2 amide bonds. The molecule has 0 unspecified atom stereocenters. The zero-order chi connectivity index (χ0) is 18.1. The second-order valence-electron chi connectivity index (χ2n) is 5.76. The Labute approximate surface area is 153 Å². The predicted molar refractivity (Wildman–Crippen MR) is 100 cm³/mol. The van der Waals surface area contributed by atoms with Crippen molar-refractivity contribution in [3.63, 3.8) is 0 Å². The largest absolute Gasteiger partial charge is 0.450 e. The van der Waals surface area contributed by atoms with Crippen LogP contribution in [0.4, 0.5) is 10.5 Å². The number of benzene rings is 1. The highest BCUT2D eigenvalue weighted by atomic mass is 32.2. The van der Waals surface area contributed by atoms with Crippen LogP contribution in [-0.4, -0.2) is 62.0 Å². The van der Waals surface area contributed by atoms with Crippen molar-refractivity contribution >= 4 is 29.4 Å². The number of nitrogens with zero attached hydrogens (tertiary/aromatic N) is 1. The first-order valence-electron chi connectivity index (χ1n) is 8.52. The summed E-state index contributed by atoms with van der Waals surface area (Å²) in [5.41, 5.74) is 0.837. The van der Waals surface area contributed by atoms with E-state index in [0.29, 0.717) is 26.2 Å². The number of carbonyl (C=O) groups excluding carboxylic acids is 2. The fourth-order valence-electron chi connectivity index (χ4n) is 2.66. The van der Waals surface area contributed by atoms with Gasteiger partial charge in [-0.15, -0.1) is 18.3 Å². The van der Waals surface area contributed by atoms with Gasteiger partial charge in [-0.05, 0) is 19.1 Å². The van der Waals surface area contributed by atoms with Crippen molar-refractivity contribution in [2.24, 2.45) is 0 Å². The quantitative estimate of drug-likeness (QED) is 0.565. The minimum absolute atomic E-state index is 0.00811. The number of amides is 2. The smallest absolute Gasteiger partial charge is 0.410 e. The molecular formula is C18H26N3O3S+. The molecule has 1 heterocycles. The summed E-state index contributed by atoms with van der Waals surface area (Å²) in [7, 11) is 0. The molecule has 1 aromatic carbocycles. The molecule has 0 atom stereocenters. The highest BCUT2D eigenvalue weighted by Gasteiger charge is 2.26. The van der Waals surface area contributed by atoms with E-state index in [-0.39, 0.29) is 12.0 Å². The van der Waals surface area contributed by atoms with Crippen LogP contribution in [0.25, 0.3) is 0 Å². The van der Waals surface area contributed by atoms with E-state index >= 15 is 0 Å². The average Bonchev–Trinajstić information content (AvgIpc) is 2.61. The summed E-state index contributed by atoms with van der Waals surface area (Å²) in [6, 6.07) is 7.78. The molecule has 2 rings (SSSR count). The first-order valence-corrected chi connectivity index (χ1v) is 9.50. The third-order valence-corrected chi connectivity index (χ3v) is 4.99. The van der Waals surface area contributed by atoms with Gasteiger partial charge in [0.25, 0.3) is 5.91 Å². The molecule has 0 spiro atoms. The van der Waals surface area contributed by atoms with Crippen molar-refractivity contribution in [1.82, 2.24) is 4.90 Å². The Kier molecular flexibility index (Phi) is 7.81. The molecule has 1 aromatic rings. The van der Waals surface area contributed by atoms with Gasteiger partial charge in [-0.3, -0.25) is 9.69 Å². The standard InChI is InChI=1S/C18H25N3O3S/c1-3-13-25-16-8-6-5-7-15(16)19-17(22)14-20-9-11-21(12-10-20)18(23)24-4-2/h3,5-8H,1,4,9-14H2,2H3,(H,19,22)/p+1. The van der Waals surface area contributed by atoms with Crippen molar-refractivity contribution in [3.8, 4) is 0 Å². The summed E-state index contributed by atoms with van der Waals surface area (Å²) in [6.07, 6.45) is 1.58. The van der Waals surface area contributed by atoms with Crippen molar-refractivity contribution in [3.05, 3.63) is 36.9 Å². The van der Waals surface area contributed by atoms with Gasteiger partial charge in [0.15, 0.2) is 6.54 Å². The van der Waals surface area contributed by atoms with Crippen LogP contribution in [0.3, 0.4) is 0 Å². The van der Waals surface area contributed by atoms with Crippen LogP contribution in [0.2, 0.25) is 0 Å². The number of hydrogen-bond donors (Lipinski definition) is 2. The van der Waals surface area contributed by atoms with E-state index in [1.807, 2.05) is 30.3 Å². The second-order valence-corrected chi connectivity index (χ2v) is 6.82. The van der Waals surface area contributed by atoms with Gasteiger partial charge >= 0.3 is 6.09 Å². The summed E-state index contributed by atoms with van der Waals surface area (Å²) in [6.45, 7) is 9.05. The lowest BCUT2D eigenvalue weighted by molar-refractivity contribution is -0.895. The maximum absolute atomic E-state index is 12.4. The number of piperazine rings is 1. The van der Waals surface area contributed by atoms with E-state index in [0.717, 1.165) is 29.4 Å². The van der Waals surface area contributed by atoms with Gasteiger partial charge < -0.3 is 15.0 Å². The van der Waals surface area contributed by atoms with Crippen molar-refractivity contribution in [1.29, 1.82) is 0 Å². The summed E-state index contributed by atoms with van der Waals surface area (Å²) >= 11 is 1.65.